The first-order chi connectivity index (χ1) is 5.24. The molecule has 0 saturated heterocycles. The van der Waals surface area contributed by atoms with Crippen LogP contribution in [0, 0.1) is 10.1 Å². The van der Waals surface area contributed by atoms with Gasteiger partial charge in [0.1, 0.15) is 5.75 Å². The van der Waals surface area contributed by atoms with E-state index >= 15 is 0 Å². The number of benzene rings is 1. The Morgan fingerprint density at radius 2 is 1.83 bits per heavy atom. The summed E-state index contributed by atoms with van der Waals surface area (Å²) < 4.78 is 4.83. The van der Waals surface area contributed by atoms with E-state index in [2.05, 4.69) is 0 Å². The molecule has 1 aromatic carbocycles. The molecule has 4 nitrogen and oxygen atoms in total. The van der Waals surface area contributed by atoms with E-state index < -0.39 is 4.92 Å². The number of halogens is 1. The maximum absolute atomic E-state index is 10.2. The summed E-state index contributed by atoms with van der Waals surface area (Å²) in [7, 11) is 1.52. The van der Waals surface area contributed by atoms with E-state index in [9.17, 15) is 10.1 Å². The molecule has 0 bridgehead atoms. The Balaban J connectivity index is 0.00000121. The molecule has 66 valence electrons. The van der Waals surface area contributed by atoms with Gasteiger partial charge in [0.25, 0.3) is 5.69 Å². The quantitative estimate of drug-likeness (QED) is 0.424. The summed E-state index contributed by atoms with van der Waals surface area (Å²) in [4.78, 5) is 9.72. The van der Waals surface area contributed by atoms with Crippen molar-refractivity contribution in [2.45, 2.75) is 0 Å². The molecule has 0 aliphatic heterocycles. The van der Waals surface area contributed by atoms with Crippen LogP contribution in [0.4, 0.5) is 5.69 Å². The summed E-state index contributed by atoms with van der Waals surface area (Å²) in [5.74, 6) is 0.621. The van der Waals surface area contributed by atoms with Crippen molar-refractivity contribution in [3.05, 3.63) is 34.4 Å². The van der Waals surface area contributed by atoms with Gasteiger partial charge in [0.2, 0.25) is 0 Å². The Kier molecular flexibility index (Phi) is 4.07. The lowest BCUT2D eigenvalue weighted by Crippen LogP contribution is -3.00. The lowest BCUT2D eigenvalue weighted by molar-refractivity contribution is -0.384. The Labute approximate surface area is 75.7 Å². The third kappa shape index (κ3) is 2.39. The van der Waals surface area contributed by atoms with Crippen LogP contribution in [0.2, 0.25) is 0 Å². The average molecular weight is 189 g/mol. The number of ether oxygens (including phenoxy) is 1. The number of nitrogens with zero attached hydrogens (tertiary/aromatic N) is 1. The van der Waals surface area contributed by atoms with Crippen LogP contribution in [0.15, 0.2) is 24.3 Å². The van der Waals surface area contributed by atoms with E-state index in [0.29, 0.717) is 5.75 Å². The summed E-state index contributed by atoms with van der Waals surface area (Å²) in [5, 5.41) is 10.2. The monoisotopic (exact) mass is 188 g/mol. The molecule has 12 heavy (non-hydrogen) atoms. The number of nitro benzene ring substituents is 1. The Bertz CT molecular complexity index is 260. The fourth-order valence-corrected chi connectivity index (χ4v) is 0.704. The zero-order valence-electron chi connectivity index (χ0n) is 6.36. The second-order valence-corrected chi connectivity index (χ2v) is 1.96. The second kappa shape index (κ2) is 4.56. The fraction of sp³-hybridized carbons (Fsp3) is 0.143. The Hall–Kier alpha value is -1.29. The first kappa shape index (κ1) is 10.7. The number of rotatable bonds is 2. The van der Waals surface area contributed by atoms with E-state index in [0.717, 1.165) is 0 Å². The zero-order chi connectivity index (χ0) is 8.27. The smallest absolute Gasteiger partial charge is 0.269 e. The van der Waals surface area contributed by atoms with Gasteiger partial charge < -0.3 is 17.1 Å². The predicted molar refractivity (Wildman–Crippen MR) is 39.6 cm³/mol. The molecule has 0 fully saturated rings. The van der Waals surface area contributed by atoms with Crippen molar-refractivity contribution in [1.82, 2.24) is 0 Å². The van der Waals surface area contributed by atoms with Gasteiger partial charge in [-0.2, -0.15) is 0 Å². The van der Waals surface area contributed by atoms with Crippen LogP contribution in [0.25, 0.3) is 0 Å². The highest BCUT2D eigenvalue weighted by Crippen LogP contribution is 2.16. The minimum absolute atomic E-state index is 0. The molecule has 5 heteroatoms. The Morgan fingerprint density at radius 1 is 1.33 bits per heavy atom. The van der Waals surface area contributed by atoms with Crippen LogP contribution < -0.4 is 17.1 Å². The number of non-ortho nitro benzene ring substituents is 1. The van der Waals surface area contributed by atoms with Gasteiger partial charge in [-0.15, -0.1) is 0 Å². The van der Waals surface area contributed by atoms with E-state index in [-0.39, 0.29) is 18.1 Å². The van der Waals surface area contributed by atoms with Gasteiger partial charge in [-0.1, -0.05) is 0 Å². The summed E-state index contributed by atoms with van der Waals surface area (Å²) in [6.07, 6.45) is 0. The lowest BCUT2D eigenvalue weighted by Gasteiger charge is -1.96. The van der Waals surface area contributed by atoms with Gasteiger partial charge >= 0.3 is 0 Å². The molecule has 0 spiro atoms. The summed E-state index contributed by atoms with van der Waals surface area (Å²) in [6, 6.07) is 5.91. The number of nitro groups is 1. The molecule has 0 heterocycles. The summed E-state index contributed by atoms with van der Waals surface area (Å²) in [6.45, 7) is 0. The van der Waals surface area contributed by atoms with E-state index in [1.165, 1.54) is 19.2 Å². The van der Waals surface area contributed by atoms with Gasteiger partial charge in [0.15, 0.2) is 0 Å². The highest BCUT2D eigenvalue weighted by molar-refractivity contribution is 5.35. The van der Waals surface area contributed by atoms with E-state index in [1.54, 1.807) is 12.1 Å². The van der Waals surface area contributed by atoms with Crippen molar-refractivity contribution < 1.29 is 22.1 Å². The van der Waals surface area contributed by atoms with Crippen molar-refractivity contribution >= 4 is 5.69 Å². The van der Waals surface area contributed by atoms with Crippen LogP contribution in [0.1, 0.15) is 0 Å². The van der Waals surface area contributed by atoms with E-state index in [4.69, 9.17) is 4.74 Å². The third-order valence-electron chi connectivity index (χ3n) is 1.28. The van der Waals surface area contributed by atoms with Gasteiger partial charge in [-0.25, -0.2) is 0 Å². The highest BCUT2D eigenvalue weighted by atomic mass is 35.5. The summed E-state index contributed by atoms with van der Waals surface area (Å²) in [5.41, 5.74) is 0.0748. The van der Waals surface area contributed by atoms with Gasteiger partial charge in [0, 0.05) is 12.1 Å². The predicted octanol–water partition coefficient (Wildman–Crippen LogP) is -1.39. The average Bonchev–Trinajstić information content (AvgIpc) is 2.05. The van der Waals surface area contributed by atoms with Crippen LogP contribution in [-0.4, -0.2) is 12.0 Å². The minimum Gasteiger partial charge on any atom is -1.00 e. The highest BCUT2D eigenvalue weighted by Gasteiger charge is 2.02. The van der Waals surface area contributed by atoms with Crippen LogP contribution in [0.5, 0.6) is 5.75 Å². The standard InChI is InChI=1S/C7H7NO3.ClH/c1-11-7-4-2-6(3-5-7)8(9)10;/h2-5H,1H3;1H/p-1. The first-order valence-corrected chi connectivity index (χ1v) is 3.02. The molecular weight excluding hydrogens is 182 g/mol. The maximum atomic E-state index is 10.2. The number of methoxy groups -OCH3 is 1. The molecule has 0 aromatic heterocycles. The molecule has 0 atom stereocenters. The topological polar surface area (TPSA) is 52.4 Å². The lowest BCUT2D eigenvalue weighted by atomic mass is 10.3. The first-order valence-electron chi connectivity index (χ1n) is 3.02. The van der Waals surface area contributed by atoms with Crippen molar-refractivity contribution in [3.8, 4) is 5.75 Å². The zero-order valence-corrected chi connectivity index (χ0v) is 7.12. The largest absolute Gasteiger partial charge is 1.00 e. The maximum Gasteiger partial charge on any atom is 0.269 e. The van der Waals surface area contributed by atoms with Crippen LogP contribution in [-0.2, 0) is 0 Å². The van der Waals surface area contributed by atoms with Crippen molar-refractivity contribution in [1.29, 1.82) is 0 Å². The molecule has 1 aromatic rings. The van der Waals surface area contributed by atoms with Crippen molar-refractivity contribution in [2.24, 2.45) is 0 Å². The molecule has 0 N–H and O–H groups in total. The number of hydrogen-bond acceptors (Lipinski definition) is 3. The fourth-order valence-electron chi connectivity index (χ4n) is 0.704. The Morgan fingerprint density at radius 3 is 2.17 bits per heavy atom. The van der Waals surface area contributed by atoms with Gasteiger partial charge in [-0.3, -0.25) is 10.1 Å². The number of hydrogen-bond donors (Lipinski definition) is 0. The molecule has 0 aliphatic rings. The minimum atomic E-state index is -0.445. The molecule has 0 unspecified atom stereocenters. The normalized spacial score (nSPS) is 8.42. The molecule has 0 saturated carbocycles. The van der Waals surface area contributed by atoms with Crippen molar-refractivity contribution in [2.75, 3.05) is 7.11 Å². The van der Waals surface area contributed by atoms with Crippen LogP contribution in [0.3, 0.4) is 0 Å². The third-order valence-corrected chi connectivity index (χ3v) is 1.28. The van der Waals surface area contributed by atoms with Gasteiger partial charge in [0.05, 0.1) is 12.0 Å². The summed E-state index contributed by atoms with van der Waals surface area (Å²) >= 11 is 0. The molecule has 0 amide bonds. The second-order valence-electron chi connectivity index (χ2n) is 1.96. The molecule has 0 aliphatic carbocycles. The molecule has 0 radical (unpaired) electrons. The molecular formula is C7H7ClNO3-. The SMILES string of the molecule is COc1ccc([N+](=O)[O-])cc1.[Cl-]. The van der Waals surface area contributed by atoms with Gasteiger partial charge in [-0.05, 0) is 12.1 Å². The van der Waals surface area contributed by atoms with Crippen molar-refractivity contribution in [3.63, 3.8) is 0 Å². The molecule has 1 rings (SSSR count). The van der Waals surface area contributed by atoms with Crippen LogP contribution >= 0.6 is 0 Å². The van der Waals surface area contributed by atoms with E-state index in [1.807, 2.05) is 0 Å².